The summed E-state index contributed by atoms with van der Waals surface area (Å²) in [7, 11) is -3.61. The summed E-state index contributed by atoms with van der Waals surface area (Å²) in [6, 6.07) is 7.08. The molecule has 0 fully saturated rings. The number of para-hydroxylation sites is 1. The maximum Gasteiger partial charge on any atom is 0.259 e. The summed E-state index contributed by atoms with van der Waals surface area (Å²) in [5.74, 6) is -1.08. The molecule has 0 aliphatic carbocycles. The molecule has 2 N–H and O–H groups in total. The van der Waals surface area contributed by atoms with Gasteiger partial charge in [0.25, 0.3) is 11.8 Å². The minimum Gasteiger partial charge on any atom is -0.345 e. The van der Waals surface area contributed by atoms with Gasteiger partial charge in [0, 0.05) is 22.5 Å². The van der Waals surface area contributed by atoms with Crippen LogP contribution in [-0.2, 0) is 19.4 Å². The third-order valence-corrected chi connectivity index (χ3v) is 6.53. The van der Waals surface area contributed by atoms with Gasteiger partial charge in [0.1, 0.15) is 5.03 Å². The molecule has 27 heavy (non-hydrogen) atoms. The van der Waals surface area contributed by atoms with Crippen molar-refractivity contribution in [3.8, 4) is 0 Å². The summed E-state index contributed by atoms with van der Waals surface area (Å²) < 4.78 is 26.0. The molecule has 6 nitrogen and oxygen atoms in total. The number of hydrogen-bond acceptors (Lipinski definition) is 4. The van der Waals surface area contributed by atoms with E-state index in [2.05, 4.69) is 17.2 Å². The van der Waals surface area contributed by atoms with Crippen LogP contribution in [0.1, 0.15) is 51.0 Å². The third-order valence-electron chi connectivity index (χ3n) is 4.78. The van der Waals surface area contributed by atoms with E-state index >= 15 is 0 Å². The van der Waals surface area contributed by atoms with Crippen molar-refractivity contribution in [2.45, 2.75) is 50.5 Å². The number of benzene rings is 1. The van der Waals surface area contributed by atoms with Crippen LogP contribution in [0.3, 0.4) is 0 Å². The number of carbonyl (C=O) groups is 2. The fourth-order valence-electron chi connectivity index (χ4n) is 3.39. The van der Waals surface area contributed by atoms with Crippen LogP contribution in [0.25, 0.3) is 16.5 Å². The Balaban J connectivity index is 1.92. The fourth-order valence-corrected chi connectivity index (χ4v) is 4.97. The number of unbranched alkanes of at least 4 members (excludes halogenated alkanes) is 5. The van der Waals surface area contributed by atoms with E-state index in [9.17, 15) is 18.0 Å². The molecule has 3 rings (SSSR count). The lowest BCUT2D eigenvalue weighted by atomic mass is 10.1. The molecule has 2 heterocycles. The Hall–Kier alpha value is -2.41. The molecule has 1 aliphatic rings. The van der Waals surface area contributed by atoms with E-state index in [1.807, 2.05) is 0 Å². The van der Waals surface area contributed by atoms with Gasteiger partial charge in [-0.2, -0.15) is 0 Å². The molecule has 2 aromatic rings. The third kappa shape index (κ3) is 4.13. The van der Waals surface area contributed by atoms with Crippen molar-refractivity contribution >= 4 is 38.1 Å². The molecule has 0 saturated carbocycles. The van der Waals surface area contributed by atoms with Gasteiger partial charge in [-0.05, 0) is 12.5 Å². The Labute approximate surface area is 159 Å². The second kappa shape index (κ2) is 8.08. The highest BCUT2D eigenvalue weighted by Crippen LogP contribution is 2.34. The molecule has 2 amide bonds. The van der Waals surface area contributed by atoms with Crippen molar-refractivity contribution < 1.29 is 18.0 Å². The van der Waals surface area contributed by atoms with Crippen molar-refractivity contribution in [1.82, 2.24) is 10.3 Å². The van der Waals surface area contributed by atoms with Gasteiger partial charge in [0.2, 0.25) is 0 Å². The van der Waals surface area contributed by atoms with E-state index in [1.165, 1.54) is 6.08 Å². The molecule has 0 bridgehead atoms. The quantitative estimate of drug-likeness (QED) is 0.509. The van der Waals surface area contributed by atoms with Crippen molar-refractivity contribution in [1.29, 1.82) is 0 Å². The van der Waals surface area contributed by atoms with Gasteiger partial charge >= 0.3 is 0 Å². The number of fused-ring (bicyclic) bond motifs is 1. The molecular formula is C20H24N2O4S. The van der Waals surface area contributed by atoms with Crippen LogP contribution in [0.15, 0.2) is 35.4 Å². The van der Waals surface area contributed by atoms with Crippen LogP contribution >= 0.6 is 0 Å². The van der Waals surface area contributed by atoms with E-state index in [-0.39, 0.29) is 16.4 Å². The first-order valence-corrected chi connectivity index (χ1v) is 11.0. The zero-order valence-electron chi connectivity index (χ0n) is 15.4. The molecule has 144 valence electrons. The van der Waals surface area contributed by atoms with Gasteiger partial charge < -0.3 is 4.98 Å². The maximum absolute atomic E-state index is 13.0. The maximum atomic E-state index is 13.0. The van der Waals surface area contributed by atoms with Crippen molar-refractivity contribution in [2.24, 2.45) is 0 Å². The number of aromatic nitrogens is 1. The molecular weight excluding hydrogens is 364 g/mol. The normalized spacial score (nSPS) is 14.6. The molecule has 0 saturated heterocycles. The van der Waals surface area contributed by atoms with E-state index < -0.39 is 21.7 Å². The second-order valence-electron chi connectivity index (χ2n) is 6.84. The summed E-state index contributed by atoms with van der Waals surface area (Å²) in [5.41, 5.74) is 1.01. The first kappa shape index (κ1) is 19.4. The first-order valence-electron chi connectivity index (χ1n) is 9.35. The van der Waals surface area contributed by atoms with Crippen molar-refractivity contribution in [2.75, 3.05) is 5.75 Å². The van der Waals surface area contributed by atoms with E-state index in [0.717, 1.165) is 32.1 Å². The van der Waals surface area contributed by atoms with Crippen LogP contribution in [0, 0.1) is 0 Å². The highest BCUT2D eigenvalue weighted by atomic mass is 32.2. The molecule has 0 spiro atoms. The number of aromatic amines is 1. The average Bonchev–Trinajstić information content (AvgIpc) is 3.17. The highest BCUT2D eigenvalue weighted by molar-refractivity contribution is 7.91. The molecule has 1 aromatic heterocycles. The summed E-state index contributed by atoms with van der Waals surface area (Å²) >= 11 is 0. The van der Waals surface area contributed by atoms with Crippen LogP contribution in [0.5, 0.6) is 0 Å². The Bertz CT molecular complexity index is 1000. The number of sulfone groups is 1. The van der Waals surface area contributed by atoms with Gasteiger partial charge in [0.05, 0.1) is 11.3 Å². The Morgan fingerprint density at radius 3 is 2.37 bits per heavy atom. The lowest BCUT2D eigenvalue weighted by molar-refractivity contribution is -0.123. The average molecular weight is 388 g/mol. The largest absolute Gasteiger partial charge is 0.345 e. The highest BCUT2D eigenvalue weighted by Gasteiger charge is 2.31. The number of nitrogens with one attached hydrogen (secondary N) is 2. The van der Waals surface area contributed by atoms with Gasteiger partial charge in [-0.3, -0.25) is 14.9 Å². The molecule has 1 aromatic carbocycles. The number of hydrogen-bond donors (Lipinski definition) is 2. The predicted octanol–water partition coefficient (Wildman–Crippen LogP) is 3.34. The van der Waals surface area contributed by atoms with E-state index in [4.69, 9.17) is 0 Å². The zero-order valence-corrected chi connectivity index (χ0v) is 16.2. The summed E-state index contributed by atoms with van der Waals surface area (Å²) in [4.78, 5) is 26.7. The van der Waals surface area contributed by atoms with Gasteiger partial charge in [-0.15, -0.1) is 0 Å². The Kier molecular flexibility index (Phi) is 5.79. The van der Waals surface area contributed by atoms with Crippen LogP contribution in [0.4, 0.5) is 0 Å². The summed E-state index contributed by atoms with van der Waals surface area (Å²) in [5, 5.41) is 2.83. The smallest absolute Gasteiger partial charge is 0.259 e. The molecule has 0 radical (unpaired) electrons. The number of rotatable bonds is 9. The lowest BCUT2D eigenvalue weighted by Crippen LogP contribution is -2.22. The number of carbonyl (C=O) groups excluding carboxylic acids is 2. The van der Waals surface area contributed by atoms with E-state index in [1.54, 1.807) is 24.3 Å². The number of amides is 2. The predicted molar refractivity (Wildman–Crippen MR) is 105 cm³/mol. The molecule has 1 aliphatic heterocycles. The second-order valence-corrected chi connectivity index (χ2v) is 8.88. The minimum absolute atomic E-state index is 0.0157. The van der Waals surface area contributed by atoms with Crippen molar-refractivity contribution in [3.63, 3.8) is 0 Å². The van der Waals surface area contributed by atoms with E-state index in [0.29, 0.717) is 22.9 Å². The minimum atomic E-state index is -3.61. The molecule has 7 heteroatoms. The standard InChI is InChI=1S/C20H24N2O4S/c1-2-3-4-5-6-9-12-27(25,26)20-18(15-13-17(23)22-19(15)24)14-10-7-8-11-16(14)21-20/h7-8,10-11,13,21H,2-6,9,12H2,1H3,(H,22,23,24). The Morgan fingerprint density at radius 1 is 0.963 bits per heavy atom. The molecule has 0 atom stereocenters. The van der Waals surface area contributed by atoms with Crippen LogP contribution in [-0.4, -0.2) is 31.0 Å². The van der Waals surface area contributed by atoms with Crippen LogP contribution < -0.4 is 5.32 Å². The van der Waals surface area contributed by atoms with Gasteiger partial charge in [-0.25, -0.2) is 8.42 Å². The number of H-pyrrole nitrogens is 1. The van der Waals surface area contributed by atoms with Gasteiger partial charge in [0.15, 0.2) is 9.84 Å². The monoisotopic (exact) mass is 388 g/mol. The molecule has 0 unspecified atom stereocenters. The number of imide groups is 1. The zero-order chi connectivity index (χ0) is 19.4. The summed E-state index contributed by atoms with van der Waals surface area (Å²) in [6.45, 7) is 2.14. The van der Waals surface area contributed by atoms with Gasteiger partial charge in [-0.1, -0.05) is 57.2 Å². The summed E-state index contributed by atoms with van der Waals surface area (Å²) in [6.07, 6.45) is 7.04. The fraction of sp³-hybridized carbons (Fsp3) is 0.400. The topological polar surface area (TPSA) is 96.1 Å². The van der Waals surface area contributed by atoms with Crippen molar-refractivity contribution in [3.05, 3.63) is 35.9 Å². The Morgan fingerprint density at radius 2 is 1.67 bits per heavy atom. The van der Waals surface area contributed by atoms with Crippen LogP contribution in [0.2, 0.25) is 0 Å². The first-order chi connectivity index (χ1) is 12.9. The SMILES string of the molecule is CCCCCCCCS(=O)(=O)c1[nH]c2ccccc2c1C1=CC(=O)NC1=O. The lowest BCUT2D eigenvalue weighted by Gasteiger charge is -2.07.